The quantitative estimate of drug-likeness (QED) is 0.750. The molecule has 2 atom stereocenters. The Morgan fingerprint density at radius 3 is 2.56 bits per heavy atom. The van der Waals surface area contributed by atoms with Gasteiger partial charge in [0.05, 0.1) is 0 Å². The molecule has 1 rings (SSSR count). The number of hydrogen-bond acceptors (Lipinski definition) is 2. The average molecular weight is 266 g/mol. The summed E-state index contributed by atoms with van der Waals surface area (Å²) in [5, 5.41) is 2.59. The number of nitrogens with two attached hydrogens (primary N) is 1. The van der Waals surface area contributed by atoms with Crippen LogP contribution >= 0.6 is 0 Å². The molecule has 0 heterocycles. The molecule has 0 bridgehead atoms. The molecule has 106 valence electrons. The SMILES string of the molecule is NCC1CCCCC1C(=O)NCCCC(F)(F)F. The van der Waals surface area contributed by atoms with Gasteiger partial charge in [-0.25, -0.2) is 0 Å². The van der Waals surface area contributed by atoms with Crippen LogP contribution in [0.25, 0.3) is 0 Å². The van der Waals surface area contributed by atoms with Crippen LogP contribution in [-0.4, -0.2) is 25.2 Å². The summed E-state index contributed by atoms with van der Waals surface area (Å²) in [6.07, 6.45) is -1.23. The van der Waals surface area contributed by atoms with Crippen LogP contribution in [0.3, 0.4) is 0 Å². The fourth-order valence-corrected chi connectivity index (χ4v) is 2.47. The third kappa shape index (κ3) is 5.25. The Bertz CT molecular complexity index is 269. The van der Waals surface area contributed by atoms with Crippen molar-refractivity contribution < 1.29 is 18.0 Å². The minimum atomic E-state index is -4.14. The topological polar surface area (TPSA) is 55.1 Å². The van der Waals surface area contributed by atoms with Gasteiger partial charge < -0.3 is 11.1 Å². The minimum absolute atomic E-state index is 0.0603. The molecule has 1 fully saturated rings. The van der Waals surface area contributed by atoms with E-state index in [1.807, 2.05) is 0 Å². The molecule has 0 aromatic rings. The van der Waals surface area contributed by atoms with Gasteiger partial charge in [0.2, 0.25) is 5.91 Å². The van der Waals surface area contributed by atoms with Crippen molar-refractivity contribution in [2.24, 2.45) is 17.6 Å². The zero-order valence-electron chi connectivity index (χ0n) is 10.4. The Morgan fingerprint density at radius 1 is 1.28 bits per heavy atom. The summed E-state index contributed by atoms with van der Waals surface area (Å²) in [5.74, 6) is -0.0664. The van der Waals surface area contributed by atoms with E-state index in [1.165, 1.54) is 0 Å². The number of carbonyl (C=O) groups is 1. The predicted octanol–water partition coefficient (Wildman–Crippen LogP) is 2.21. The minimum Gasteiger partial charge on any atom is -0.356 e. The third-order valence-electron chi connectivity index (χ3n) is 3.48. The maximum absolute atomic E-state index is 11.9. The molecule has 18 heavy (non-hydrogen) atoms. The van der Waals surface area contributed by atoms with Crippen molar-refractivity contribution in [3.8, 4) is 0 Å². The van der Waals surface area contributed by atoms with E-state index in [9.17, 15) is 18.0 Å². The number of alkyl halides is 3. The van der Waals surface area contributed by atoms with E-state index in [1.54, 1.807) is 0 Å². The average Bonchev–Trinajstić information content (AvgIpc) is 2.33. The van der Waals surface area contributed by atoms with E-state index in [4.69, 9.17) is 5.73 Å². The second-order valence-electron chi connectivity index (χ2n) is 4.90. The molecule has 0 saturated heterocycles. The molecule has 2 unspecified atom stereocenters. The lowest BCUT2D eigenvalue weighted by atomic mass is 9.79. The smallest absolute Gasteiger partial charge is 0.356 e. The maximum atomic E-state index is 11.9. The first-order valence-corrected chi connectivity index (χ1v) is 6.48. The van der Waals surface area contributed by atoms with Crippen molar-refractivity contribution in [2.75, 3.05) is 13.1 Å². The lowest BCUT2D eigenvalue weighted by Gasteiger charge is -2.29. The monoisotopic (exact) mass is 266 g/mol. The van der Waals surface area contributed by atoms with Crippen LogP contribution in [-0.2, 0) is 4.79 Å². The normalized spacial score (nSPS) is 24.9. The number of carbonyl (C=O) groups excluding carboxylic acids is 1. The van der Waals surface area contributed by atoms with Crippen LogP contribution in [0.5, 0.6) is 0 Å². The Balaban J connectivity index is 2.27. The first kappa shape index (κ1) is 15.3. The number of amides is 1. The standard InChI is InChI=1S/C12H21F3N2O/c13-12(14,15)6-3-7-17-11(18)10-5-2-1-4-9(10)8-16/h9-10H,1-8,16H2,(H,17,18). The predicted molar refractivity (Wildman–Crippen MR) is 62.8 cm³/mol. The summed E-state index contributed by atoms with van der Waals surface area (Å²) in [6, 6.07) is 0. The van der Waals surface area contributed by atoms with Crippen molar-refractivity contribution in [3.63, 3.8) is 0 Å². The number of halogens is 3. The van der Waals surface area contributed by atoms with Gasteiger partial charge in [0.25, 0.3) is 0 Å². The van der Waals surface area contributed by atoms with Gasteiger partial charge in [-0.05, 0) is 31.7 Å². The first-order valence-electron chi connectivity index (χ1n) is 6.48. The van der Waals surface area contributed by atoms with E-state index in [0.717, 1.165) is 25.7 Å². The van der Waals surface area contributed by atoms with E-state index in [2.05, 4.69) is 5.32 Å². The summed E-state index contributed by atoms with van der Waals surface area (Å²) < 4.78 is 35.8. The maximum Gasteiger partial charge on any atom is 0.389 e. The van der Waals surface area contributed by atoms with Gasteiger partial charge in [0.15, 0.2) is 0 Å². The molecule has 1 amide bonds. The molecule has 6 heteroatoms. The molecular formula is C12H21F3N2O. The molecule has 1 aliphatic rings. The lowest BCUT2D eigenvalue weighted by Crippen LogP contribution is -2.39. The van der Waals surface area contributed by atoms with Crippen LogP contribution < -0.4 is 11.1 Å². The fraction of sp³-hybridized carbons (Fsp3) is 0.917. The van der Waals surface area contributed by atoms with Crippen molar-refractivity contribution in [3.05, 3.63) is 0 Å². The lowest BCUT2D eigenvalue weighted by molar-refractivity contribution is -0.137. The molecule has 0 radical (unpaired) electrons. The van der Waals surface area contributed by atoms with Crippen molar-refractivity contribution in [2.45, 2.75) is 44.7 Å². The Kier molecular flexibility index (Phi) is 5.91. The highest BCUT2D eigenvalue weighted by molar-refractivity contribution is 5.79. The van der Waals surface area contributed by atoms with E-state index >= 15 is 0 Å². The largest absolute Gasteiger partial charge is 0.389 e. The number of hydrogen-bond donors (Lipinski definition) is 2. The van der Waals surface area contributed by atoms with Crippen LogP contribution in [0.15, 0.2) is 0 Å². The van der Waals surface area contributed by atoms with Crippen molar-refractivity contribution in [1.29, 1.82) is 0 Å². The van der Waals surface area contributed by atoms with Gasteiger partial charge in [-0.15, -0.1) is 0 Å². The Morgan fingerprint density at radius 2 is 1.94 bits per heavy atom. The summed E-state index contributed by atoms with van der Waals surface area (Å²) in [4.78, 5) is 11.8. The number of rotatable bonds is 5. The molecule has 0 aliphatic heterocycles. The Labute approximate surface area is 105 Å². The molecule has 3 N–H and O–H groups in total. The molecule has 0 aromatic heterocycles. The zero-order chi connectivity index (χ0) is 13.6. The van der Waals surface area contributed by atoms with E-state index in [-0.39, 0.29) is 30.7 Å². The van der Waals surface area contributed by atoms with Gasteiger partial charge in [-0.2, -0.15) is 13.2 Å². The highest BCUT2D eigenvalue weighted by Gasteiger charge is 2.30. The highest BCUT2D eigenvalue weighted by atomic mass is 19.4. The molecule has 1 aliphatic carbocycles. The van der Waals surface area contributed by atoms with Gasteiger partial charge in [0, 0.05) is 18.9 Å². The summed E-state index contributed by atoms with van der Waals surface area (Å²) in [6.45, 7) is 0.562. The van der Waals surface area contributed by atoms with Crippen LogP contribution in [0.1, 0.15) is 38.5 Å². The molecule has 3 nitrogen and oxygen atoms in total. The second kappa shape index (κ2) is 6.97. The van der Waals surface area contributed by atoms with Crippen LogP contribution in [0.4, 0.5) is 13.2 Å². The molecule has 0 spiro atoms. The number of nitrogens with one attached hydrogen (secondary N) is 1. The second-order valence-corrected chi connectivity index (χ2v) is 4.90. The van der Waals surface area contributed by atoms with Crippen LogP contribution in [0, 0.1) is 11.8 Å². The zero-order valence-corrected chi connectivity index (χ0v) is 10.4. The summed E-state index contributed by atoms with van der Waals surface area (Å²) in [5.41, 5.74) is 5.61. The fourth-order valence-electron chi connectivity index (χ4n) is 2.47. The summed E-state index contributed by atoms with van der Waals surface area (Å²) in [7, 11) is 0. The molecule has 1 saturated carbocycles. The van der Waals surface area contributed by atoms with Gasteiger partial charge in [-0.3, -0.25) is 4.79 Å². The first-order chi connectivity index (χ1) is 8.44. The molecule has 0 aromatic carbocycles. The highest BCUT2D eigenvalue weighted by Crippen LogP contribution is 2.29. The molecular weight excluding hydrogens is 245 g/mol. The van der Waals surface area contributed by atoms with Crippen LogP contribution in [0.2, 0.25) is 0 Å². The summed E-state index contributed by atoms with van der Waals surface area (Å²) >= 11 is 0. The van der Waals surface area contributed by atoms with Gasteiger partial charge in [-0.1, -0.05) is 12.8 Å². The van der Waals surface area contributed by atoms with Crippen molar-refractivity contribution in [1.82, 2.24) is 5.32 Å². The Hall–Kier alpha value is -0.780. The van der Waals surface area contributed by atoms with Gasteiger partial charge in [0.1, 0.15) is 0 Å². The van der Waals surface area contributed by atoms with E-state index < -0.39 is 12.6 Å². The third-order valence-corrected chi connectivity index (χ3v) is 3.48. The van der Waals surface area contributed by atoms with Crippen molar-refractivity contribution >= 4 is 5.91 Å². The van der Waals surface area contributed by atoms with Gasteiger partial charge >= 0.3 is 6.18 Å². The van der Waals surface area contributed by atoms with E-state index in [0.29, 0.717) is 6.54 Å².